The van der Waals surface area contributed by atoms with Crippen LogP contribution in [0.25, 0.3) is 0 Å². The van der Waals surface area contributed by atoms with E-state index in [0.29, 0.717) is 34.3 Å². The number of amides is 1. The third kappa shape index (κ3) is 4.84. The highest BCUT2D eigenvalue weighted by Gasteiger charge is 2.25. The molecule has 3 aromatic rings. The highest BCUT2D eigenvalue weighted by Crippen LogP contribution is 2.39. The summed E-state index contributed by atoms with van der Waals surface area (Å²) in [5.41, 5.74) is 2.48. The van der Waals surface area contributed by atoms with Crippen molar-refractivity contribution in [3.63, 3.8) is 0 Å². The van der Waals surface area contributed by atoms with Crippen LogP contribution in [-0.4, -0.2) is 18.5 Å². The standard InChI is InChI=1S/C24H23N3O4S/c1-15-8-9-17-19(12-25)23(32-21(17)11-15)27-22(28)14-31-24(29)18-6-2-3-7-20(18)26-13-16-5-4-10-30-16/h2-7,10,15,26H,8-9,11,13-14H2,1H3,(H,27,28)/t15-/m1/s1. The van der Waals surface area contributed by atoms with E-state index in [0.717, 1.165) is 35.5 Å². The lowest BCUT2D eigenvalue weighted by atomic mass is 9.89. The maximum Gasteiger partial charge on any atom is 0.340 e. The van der Waals surface area contributed by atoms with Crippen molar-refractivity contribution in [2.45, 2.75) is 32.7 Å². The molecule has 1 atom stereocenters. The van der Waals surface area contributed by atoms with Crippen molar-refractivity contribution in [1.29, 1.82) is 5.26 Å². The Bertz CT molecular complexity index is 1160. The largest absolute Gasteiger partial charge is 0.467 e. The normalized spacial score (nSPS) is 14.8. The number of benzene rings is 1. The first-order valence-electron chi connectivity index (χ1n) is 10.4. The number of carbonyl (C=O) groups is 2. The van der Waals surface area contributed by atoms with E-state index in [2.05, 4.69) is 23.6 Å². The summed E-state index contributed by atoms with van der Waals surface area (Å²) in [4.78, 5) is 26.2. The predicted molar refractivity (Wildman–Crippen MR) is 122 cm³/mol. The monoisotopic (exact) mass is 449 g/mol. The van der Waals surface area contributed by atoms with Crippen LogP contribution in [0.1, 0.15) is 45.5 Å². The van der Waals surface area contributed by atoms with Gasteiger partial charge in [0.2, 0.25) is 0 Å². The average molecular weight is 450 g/mol. The number of carbonyl (C=O) groups excluding carboxylic acids is 2. The molecule has 4 rings (SSSR count). The van der Waals surface area contributed by atoms with Crippen molar-refractivity contribution >= 4 is 33.9 Å². The molecule has 0 saturated heterocycles. The molecule has 0 spiro atoms. The van der Waals surface area contributed by atoms with E-state index in [4.69, 9.17) is 9.15 Å². The highest BCUT2D eigenvalue weighted by molar-refractivity contribution is 7.16. The number of furan rings is 1. The second kappa shape index (κ2) is 9.71. The number of rotatable bonds is 7. The smallest absolute Gasteiger partial charge is 0.340 e. The zero-order chi connectivity index (χ0) is 22.5. The van der Waals surface area contributed by atoms with Crippen molar-refractivity contribution in [3.8, 4) is 6.07 Å². The maximum absolute atomic E-state index is 12.6. The molecular weight excluding hydrogens is 426 g/mol. The zero-order valence-electron chi connectivity index (χ0n) is 17.6. The number of nitrogens with zero attached hydrogens (tertiary/aromatic N) is 1. The highest BCUT2D eigenvalue weighted by atomic mass is 32.1. The van der Waals surface area contributed by atoms with Gasteiger partial charge in [-0.15, -0.1) is 11.3 Å². The number of thiophene rings is 1. The van der Waals surface area contributed by atoms with E-state index in [1.165, 1.54) is 11.3 Å². The van der Waals surface area contributed by atoms with E-state index >= 15 is 0 Å². The first-order chi connectivity index (χ1) is 15.5. The minimum absolute atomic E-state index is 0.324. The number of nitrogens with one attached hydrogen (secondary N) is 2. The molecule has 32 heavy (non-hydrogen) atoms. The van der Waals surface area contributed by atoms with Crippen molar-refractivity contribution in [2.75, 3.05) is 17.2 Å². The molecule has 0 unspecified atom stereocenters. The number of hydrogen-bond donors (Lipinski definition) is 2. The fraction of sp³-hybridized carbons (Fsp3) is 0.292. The molecular formula is C24H23N3O4S. The van der Waals surface area contributed by atoms with Gasteiger partial charge in [-0.05, 0) is 55.0 Å². The van der Waals surface area contributed by atoms with Gasteiger partial charge in [0, 0.05) is 10.6 Å². The molecule has 1 aliphatic rings. The number of anilines is 2. The van der Waals surface area contributed by atoms with Crippen LogP contribution in [0, 0.1) is 17.2 Å². The number of hydrogen-bond acceptors (Lipinski definition) is 7. The van der Waals surface area contributed by atoms with Crippen molar-refractivity contribution in [3.05, 3.63) is 70.0 Å². The minimum atomic E-state index is -0.609. The second-order valence-corrected chi connectivity index (χ2v) is 8.88. The number of fused-ring (bicyclic) bond motifs is 1. The quantitative estimate of drug-likeness (QED) is 0.505. The molecule has 2 aromatic heterocycles. The van der Waals surface area contributed by atoms with E-state index < -0.39 is 18.5 Å². The number of nitriles is 1. The topological polar surface area (TPSA) is 104 Å². The SMILES string of the molecule is C[C@@H]1CCc2c(sc(NC(=O)COC(=O)c3ccccc3NCc3ccco3)c2C#N)C1. The lowest BCUT2D eigenvalue weighted by molar-refractivity contribution is -0.119. The van der Waals surface area contributed by atoms with Crippen LogP contribution < -0.4 is 10.6 Å². The summed E-state index contributed by atoms with van der Waals surface area (Å²) in [6, 6.07) is 12.8. The summed E-state index contributed by atoms with van der Waals surface area (Å²) < 4.78 is 10.5. The molecule has 1 aliphatic carbocycles. The maximum atomic E-state index is 12.6. The van der Waals surface area contributed by atoms with E-state index in [9.17, 15) is 14.9 Å². The number of para-hydroxylation sites is 1. The van der Waals surface area contributed by atoms with Crippen LogP contribution in [0.5, 0.6) is 0 Å². The molecule has 0 saturated carbocycles. The van der Waals surface area contributed by atoms with E-state index in [1.54, 1.807) is 36.6 Å². The molecule has 0 radical (unpaired) electrons. The summed E-state index contributed by atoms with van der Waals surface area (Å²) >= 11 is 1.44. The molecule has 2 N–H and O–H groups in total. The van der Waals surface area contributed by atoms with Gasteiger partial charge in [-0.25, -0.2) is 4.79 Å². The summed E-state index contributed by atoms with van der Waals surface area (Å²) in [5, 5.41) is 16.0. The van der Waals surface area contributed by atoms with Crippen LogP contribution in [-0.2, 0) is 28.9 Å². The molecule has 0 fully saturated rings. The second-order valence-electron chi connectivity index (χ2n) is 7.77. The lowest BCUT2D eigenvalue weighted by Crippen LogP contribution is -2.21. The fourth-order valence-electron chi connectivity index (χ4n) is 3.74. The Hall–Kier alpha value is -3.57. The molecule has 1 aromatic carbocycles. The minimum Gasteiger partial charge on any atom is -0.467 e. The van der Waals surface area contributed by atoms with Gasteiger partial charge in [-0.1, -0.05) is 19.1 Å². The van der Waals surface area contributed by atoms with Gasteiger partial charge >= 0.3 is 5.97 Å². The van der Waals surface area contributed by atoms with Crippen molar-refractivity contribution < 1.29 is 18.7 Å². The van der Waals surface area contributed by atoms with Crippen LogP contribution >= 0.6 is 11.3 Å². The average Bonchev–Trinajstić information content (AvgIpc) is 3.43. The van der Waals surface area contributed by atoms with Gasteiger partial charge in [-0.2, -0.15) is 5.26 Å². The summed E-state index contributed by atoms with van der Waals surface area (Å²) in [5.74, 6) is 0.220. The van der Waals surface area contributed by atoms with Gasteiger partial charge in [0.05, 0.1) is 23.9 Å². The molecule has 2 heterocycles. The summed E-state index contributed by atoms with van der Waals surface area (Å²) in [6.07, 6.45) is 4.39. The third-order valence-corrected chi connectivity index (χ3v) is 6.56. The lowest BCUT2D eigenvalue weighted by Gasteiger charge is -2.17. The van der Waals surface area contributed by atoms with Gasteiger partial charge in [0.25, 0.3) is 5.91 Å². The molecule has 1 amide bonds. The Labute approximate surface area is 190 Å². The van der Waals surface area contributed by atoms with E-state index in [1.807, 2.05) is 6.07 Å². The molecule has 0 aliphatic heterocycles. The van der Waals surface area contributed by atoms with Crippen LogP contribution in [0.3, 0.4) is 0 Å². The zero-order valence-corrected chi connectivity index (χ0v) is 18.5. The third-order valence-electron chi connectivity index (χ3n) is 5.39. The Morgan fingerprint density at radius 2 is 2.12 bits per heavy atom. The predicted octanol–water partition coefficient (Wildman–Crippen LogP) is 4.75. The number of ether oxygens (including phenoxy) is 1. The first kappa shape index (κ1) is 21.7. The number of esters is 1. The Kier molecular flexibility index (Phi) is 6.57. The first-order valence-corrected chi connectivity index (χ1v) is 11.2. The molecule has 8 heteroatoms. The van der Waals surface area contributed by atoms with E-state index in [-0.39, 0.29) is 0 Å². The fourth-order valence-corrected chi connectivity index (χ4v) is 5.12. The molecule has 0 bridgehead atoms. The van der Waals surface area contributed by atoms with Gasteiger partial charge < -0.3 is 19.8 Å². The molecule has 164 valence electrons. The van der Waals surface area contributed by atoms with Gasteiger partial charge in [0.15, 0.2) is 6.61 Å². The van der Waals surface area contributed by atoms with Crippen LogP contribution in [0.4, 0.5) is 10.7 Å². The van der Waals surface area contributed by atoms with Crippen LogP contribution in [0.15, 0.2) is 47.1 Å². The van der Waals surface area contributed by atoms with Crippen molar-refractivity contribution in [1.82, 2.24) is 0 Å². The van der Waals surface area contributed by atoms with Crippen molar-refractivity contribution in [2.24, 2.45) is 5.92 Å². The van der Waals surface area contributed by atoms with Gasteiger partial charge in [0.1, 0.15) is 16.8 Å². The summed E-state index contributed by atoms with van der Waals surface area (Å²) in [7, 11) is 0. The van der Waals surface area contributed by atoms with Gasteiger partial charge in [-0.3, -0.25) is 4.79 Å². The Morgan fingerprint density at radius 1 is 1.28 bits per heavy atom. The van der Waals surface area contributed by atoms with Crippen LogP contribution in [0.2, 0.25) is 0 Å². The Morgan fingerprint density at radius 3 is 2.91 bits per heavy atom. The summed E-state index contributed by atoms with van der Waals surface area (Å²) in [6.45, 7) is 2.17. The Balaban J connectivity index is 1.37. The molecule has 7 nitrogen and oxygen atoms in total.